The Bertz CT molecular complexity index is 253. The second-order valence-electron chi connectivity index (χ2n) is 3.09. The molecule has 0 radical (unpaired) electrons. The molecule has 1 aliphatic heterocycles. The minimum absolute atomic E-state index is 0.183. The van der Waals surface area contributed by atoms with Gasteiger partial charge in [-0.15, -0.1) is 0 Å². The number of allylic oxidation sites excluding steroid dienone is 1. The van der Waals surface area contributed by atoms with E-state index in [0.717, 1.165) is 6.42 Å². The van der Waals surface area contributed by atoms with E-state index in [1.165, 1.54) is 12.7 Å². The molecule has 1 aliphatic rings. The number of hydrogen-bond acceptors (Lipinski definition) is 3. The van der Waals surface area contributed by atoms with Crippen LogP contribution < -0.4 is 0 Å². The highest BCUT2D eigenvalue weighted by Crippen LogP contribution is 2.18. The summed E-state index contributed by atoms with van der Waals surface area (Å²) in [6.45, 7) is 3.99. The molecular weight excluding hydrogens is 154 g/mol. The first-order valence-electron chi connectivity index (χ1n) is 3.96. The molecule has 0 bridgehead atoms. The first kappa shape index (κ1) is 8.97. The van der Waals surface area contributed by atoms with Crippen molar-refractivity contribution in [3.63, 3.8) is 0 Å². The van der Waals surface area contributed by atoms with Crippen molar-refractivity contribution in [1.29, 1.82) is 0 Å². The van der Waals surface area contributed by atoms with Gasteiger partial charge in [-0.2, -0.15) is 0 Å². The average molecular weight is 167 g/mol. The van der Waals surface area contributed by atoms with E-state index in [2.05, 4.69) is 9.73 Å². The van der Waals surface area contributed by atoms with Gasteiger partial charge in [-0.05, 0) is 13.3 Å². The van der Waals surface area contributed by atoms with Gasteiger partial charge in [0.05, 0.1) is 7.11 Å². The van der Waals surface area contributed by atoms with Crippen molar-refractivity contribution in [2.24, 2.45) is 10.9 Å². The van der Waals surface area contributed by atoms with E-state index in [9.17, 15) is 4.79 Å². The third-order valence-corrected chi connectivity index (χ3v) is 1.91. The minimum Gasteiger partial charge on any atom is -0.465 e. The summed E-state index contributed by atoms with van der Waals surface area (Å²) < 4.78 is 4.60. The molecule has 0 aromatic carbocycles. The third kappa shape index (κ3) is 1.72. The number of ether oxygens (including phenoxy) is 1. The molecule has 3 nitrogen and oxygen atoms in total. The maximum atomic E-state index is 11.1. The van der Waals surface area contributed by atoms with Crippen molar-refractivity contribution in [3.05, 3.63) is 11.8 Å². The molecule has 0 saturated heterocycles. The monoisotopic (exact) mass is 167 g/mol. The maximum absolute atomic E-state index is 11.1. The lowest BCUT2D eigenvalue weighted by Crippen LogP contribution is -2.25. The van der Waals surface area contributed by atoms with Crippen LogP contribution in [-0.2, 0) is 9.53 Å². The summed E-state index contributed by atoms with van der Waals surface area (Å²) in [6.07, 6.45) is 2.63. The van der Waals surface area contributed by atoms with Crippen LogP contribution in [0.25, 0.3) is 0 Å². The Kier molecular flexibility index (Phi) is 2.63. The molecule has 3 heteroatoms. The van der Waals surface area contributed by atoms with Crippen LogP contribution in [0.2, 0.25) is 0 Å². The standard InChI is InChI=1S/C9H13NO2/c1-6-4-7(2)8(10-5-6)9(11)12-3/h5,7H,4H2,1-3H3. The Balaban J connectivity index is 2.82. The lowest BCUT2D eigenvalue weighted by molar-refractivity contribution is -0.133. The molecule has 0 aromatic rings. The summed E-state index contributed by atoms with van der Waals surface area (Å²) in [5.74, 6) is -0.131. The minimum atomic E-state index is -0.314. The van der Waals surface area contributed by atoms with Crippen LogP contribution in [0.15, 0.2) is 16.8 Å². The average Bonchev–Trinajstić information content (AvgIpc) is 2.03. The zero-order valence-corrected chi connectivity index (χ0v) is 7.63. The molecule has 1 atom stereocenters. The molecule has 12 heavy (non-hydrogen) atoms. The van der Waals surface area contributed by atoms with E-state index in [0.29, 0.717) is 5.71 Å². The van der Waals surface area contributed by atoms with Gasteiger partial charge in [0, 0.05) is 12.1 Å². The molecule has 1 rings (SSSR count). The maximum Gasteiger partial charge on any atom is 0.352 e. The molecule has 0 N–H and O–H groups in total. The fraction of sp³-hybridized carbons (Fsp3) is 0.556. The smallest absolute Gasteiger partial charge is 0.352 e. The lowest BCUT2D eigenvalue weighted by atomic mass is 9.95. The number of carbonyl (C=O) groups excluding carboxylic acids is 1. The molecule has 1 heterocycles. The van der Waals surface area contributed by atoms with Gasteiger partial charge in [0.2, 0.25) is 0 Å². The number of carbonyl (C=O) groups is 1. The topological polar surface area (TPSA) is 38.7 Å². The summed E-state index contributed by atoms with van der Waals surface area (Å²) in [5.41, 5.74) is 1.73. The molecule has 0 fully saturated rings. The van der Waals surface area contributed by atoms with Gasteiger partial charge in [-0.1, -0.05) is 12.5 Å². The normalized spacial score (nSPS) is 22.8. The van der Waals surface area contributed by atoms with Crippen molar-refractivity contribution in [2.75, 3.05) is 7.11 Å². The summed E-state index contributed by atoms with van der Waals surface area (Å²) >= 11 is 0. The largest absolute Gasteiger partial charge is 0.465 e. The van der Waals surface area contributed by atoms with Crippen LogP contribution in [0, 0.1) is 5.92 Å². The van der Waals surface area contributed by atoms with E-state index in [4.69, 9.17) is 0 Å². The highest BCUT2D eigenvalue weighted by atomic mass is 16.5. The van der Waals surface area contributed by atoms with Crippen LogP contribution in [0.3, 0.4) is 0 Å². The summed E-state index contributed by atoms with van der Waals surface area (Å²) in [4.78, 5) is 15.1. The Hall–Kier alpha value is -1.12. The van der Waals surface area contributed by atoms with Gasteiger partial charge in [0.1, 0.15) is 5.71 Å². The van der Waals surface area contributed by atoms with Gasteiger partial charge in [0.15, 0.2) is 0 Å². The lowest BCUT2D eigenvalue weighted by Gasteiger charge is -2.16. The Morgan fingerprint density at radius 1 is 1.75 bits per heavy atom. The number of nitrogens with zero attached hydrogens (tertiary/aromatic N) is 1. The van der Waals surface area contributed by atoms with Crippen LogP contribution in [0.5, 0.6) is 0 Å². The Morgan fingerprint density at radius 2 is 2.42 bits per heavy atom. The predicted molar refractivity (Wildman–Crippen MR) is 47.0 cm³/mol. The second-order valence-corrected chi connectivity index (χ2v) is 3.09. The van der Waals surface area contributed by atoms with Crippen molar-refractivity contribution >= 4 is 11.7 Å². The van der Waals surface area contributed by atoms with Gasteiger partial charge in [0.25, 0.3) is 0 Å². The summed E-state index contributed by atoms with van der Waals surface area (Å²) in [5, 5.41) is 0. The van der Waals surface area contributed by atoms with E-state index in [-0.39, 0.29) is 11.9 Å². The third-order valence-electron chi connectivity index (χ3n) is 1.91. The summed E-state index contributed by atoms with van der Waals surface area (Å²) in [6, 6.07) is 0. The van der Waals surface area contributed by atoms with E-state index in [1.54, 1.807) is 6.20 Å². The number of rotatable bonds is 1. The Labute approximate surface area is 72.1 Å². The quantitative estimate of drug-likeness (QED) is 0.556. The van der Waals surface area contributed by atoms with E-state index >= 15 is 0 Å². The number of esters is 1. The van der Waals surface area contributed by atoms with Crippen molar-refractivity contribution in [1.82, 2.24) is 0 Å². The van der Waals surface area contributed by atoms with Gasteiger partial charge in [-0.25, -0.2) is 4.79 Å². The fourth-order valence-corrected chi connectivity index (χ4v) is 1.30. The van der Waals surface area contributed by atoms with E-state index in [1.807, 2.05) is 13.8 Å². The molecule has 0 aromatic heterocycles. The van der Waals surface area contributed by atoms with E-state index < -0.39 is 0 Å². The molecule has 0 aliphatic carbocycles. The van der Waals surface area contributed by atoms with Gasteiger partial charge < -0.3 is 4.74 Å². The Morgan fingerprint density at radius 3 is 2.92 bits per heavy atom. The zero-order chi connectivity index (χ0) is 9.14. The first-order chi connectivity index (χ1) is 5.65. The molecule has 0 spiro atoms. The SMILES string of the molecule is COC(=O)C1=NC=C(C)CC1C. The predicted octanol–water partition coefficient (Wildman–Crippen LogP) is 1.54. The van der Waals surface area contributed by atoms with Gasteiger partial charge >= 0.3 is 5.97 Å². The molecular formula is C9H13NO2. The fourth-order valence-electron chi connectivity index (χ4n) is 1.30. The van der Waals surface area contributed by atoms with Crippen molar-refractivity contribution < 1.29 is 9.53 Å². The number of hydrogen-bond donors (Lipinski definition) is 0. The highest BCUT2D eigenvalue weighted by Gasteiger charge is 2.21. The highest BCUT2D eigenvalue weighted by molar-refractivity contribution is 6.37. The molecule has 0 amide bonds. The van der Waals surface area contributed by atoms with Crippen molar-refractivity contribution in [3.8, 4) is 0 Å². The first-order valence-corrected chi connectivity index (χ1v) is 3.96. The zero-order valence-electron chi connectivity index (χ0n) is 7.63. The van der Waals surface area contributed by atoms with Crippen LogP contribution in [-0.4, -0.2) is 18.8 Å². The van der Waals surface area contributed by atoms with Crippen LogP contribution >= 0.6 is 0 Å². The van der Waals surface area contributed by atoms with Crippen LogP contribution in [0.1, 0.15) is 20.3 Å². The second kappa shape index (κ2) is 3.52. The molecule has 66 valence electrons. The molecule has 0 saturated carbocycles. The summed E-state index contributed by atoms with van der Waals surface area (Å²) in [7, 11) is 1.38. The van der Waals surface area contributed by atoms with Gasteiger partial charge in [-0.3, -0.25) is 4.99 Å². The van der Waals surface area contributed by atoms with Crippen LogP contribution in [0.4, 0.5) is 0 Å². The number of aliphatic imine (C=N–C) groups is 1. The number of methoxy groups -OCH3 is 1. The van der Waals surface area contributed by atoms with Crippen molar-refractivity contribution in [2.45, 2.75) is 20.3 Å². The molecule has 1 unspecified atom stereocenters.